The van der Waals surface area contributed by atoms with Crippen molar-refractivity contribution in [1.29, 1.82) is 0 Å². The smallest absolute Gasteiger partial charge is 0.321 e. The van der Waals surface area contributed by atoms with E-state index in [-0.39, 0.29) is 11.9 Å². The van der Waals surface area contributed by atoms with Gasteiger partial charge in [0.25, 0.3) is 0 Å². The van der Waals surface area contributed by atoms with E-state index in [0.717, 1.165) is 10.0 Å². The quantitative estimate of drug-likeness (QED) is 0.769. The van der Waals surface area contributed by atoms with Gasteiger partial charge in [-0.2, -0.15) is 0 Å². The van der Waals surface area contributed by atoms with Crippen LogP contribution in [0.2, 0.25) is 0 Å². The van der Waals surface area contributed by atoms with Gasteiger partial charge in [0.1, 0.15) is 0 Å². The summed E-state index contributed by atoms with van der Waals surface area (Å²) in [5.41, 5.74) is 1.07. The summed E-state index contributed by atoms with van der Waals surface area (Å²) in [5, 5.41) is 7.96. The second-order valence-corrected chi connectivity index (χ2v) is 5.43. The third-order valence-corrected chi connectivity index (χ3v) is 3.37. The monoisotopic (exact) mass is 341 g/mol. The molecule has 1 rings (SSSR count). The number of carbonyl (C=O) groups is 2. The average Bonchev–Trinajstić information content (AvgIpc) is 2.39. The van der Waals surface area contributed by atoms with Crippen LogP contribution in [-0.4, -0.2) is 24.5 Å². The Bertz CT molecular complexity index is 462. The number of halogens is 1. The molecule has 3 amide bonds. The van der Waals surface area contributed by atoms with Gasteiger partial charge >= 0.3 is 6.03 Å². The van der Waals surface area contributed by atoms with Crippen LogP contribution in [0.3, 0.4) is 0 Å². The zero-order valence-electron chi connectivity index (χ0n) is 11.9. The van der Waals surface area contributed by atoms with Crippen molar-refractivity contribution in [2.45, 2.75) is 32.9 Å². The molecule has 6 heteroatoms. The molecule has 2 atom stereocenters. The van der Waals surface area contributed by atoms with E-state index in [0.29, 0.717) is 6.54 Å². The molecule has 0 saturated carbocycles. The Morgan fingerprint density at radius 2 is 1.80 bits per heavy atom. The topological polar surface area (TPSA) is 70.2 Å². The molecular weight excluding hydrogens is 322 g/mol. The summed E-state index contributed by atoms with van der Waals surface area (Å²) in [6.07, 6.45) is 0. The van der Waals surface area contributed by atoms with Crippen molar-refractivity contribution in [2.75, 3.05) is 6.54 Å². The average molecular weight is 342 g/mol. The summed E-state index contributed by atoms with van der Waals surface area (Å²) in [6, 6.07) is 6.95. The second-order valence-electron chi connectivity index (χ2n) is 4.51. The van der Waals surface area contributed by atoms with Crippen LogP contribution in [0.15, 0.2) is 28.7 Å². The first-order chi connectivity index (χ1) is 9.43. The third-order valence-electron chi connectivity index (χ3n) is 2.84. The van der Waals surface area contributed by atoms with E-state index in [9.17, 15) is 9.59 Å². The van der Waals surface area contributed by atoms with Crippen LogP contribution in [0, 0.1) is 0 Å². The van der Waals surface area contributed by atoms with Crippen molar-refractivity contribution in [2.24, 2.45) is 0 Å². The van der Waals surface area contributed by atoms with Crippen molar-refractivity contribution in [3.63, 3.8) is 0 Å². The number of hydrogen-bond donors (Lipinski definition) is 3. The third kappa shape index (κ3) is 5.30. The molecule has 20 heavy (non-hydrogen) atoms. The lowest BCUT2D eigenvalue weighted by Gasteiger charge is -2.19. The number of amides is 3. The van der Waals surface area contributed by atoms with Crippen molar-refractivity contribution >= 4 is 27.9 Å². The Kier molecular flexibility index (Phi) is 6.67. The highest BCUT2D eigenvalue weighted by Gasteiger charge is 2.17. The molecule has 1 aromatic carbocycles. The number of hydrogen-bond acceptors (Lipinski definition) is 3. The van der Waals surface area contributed by atoms with Gasteiger partial charge in [-0.05, 0) is 38.5 Å². The fourth-order valence-electron chi connectivity index (χ4n) is 1.72. The molecule has 3 N–H and O–H groups in total. The summed E-state index contributed by atoms with van der Waals surface area (Å²) in [4.78, 5) is 23.1. The molecule has 5 nitrogen and oxygen atoms in total. The molecule has 0 radical (unpaired) electrons. The standard InChI is InChI=1S/C14H20BrN3O2/c1-4-16-14(20)18-13(19)10(3)17-9(2)11-5-7-12(15)8-6-11/h5-10,17H,4H2,1-3H3,(H2,16,18,19,20)/t9-,10?/m1/s1. The molecule has 0 saturated heterocycles. The zero-order valence-corrected chi connectivity index (χ0v) is 13.5. The fourth-order valence-corrected chi connectivity index (χ4v) is 1.99. The van der Waals surface area contributed by atoms with Gasteiger partial charge in [0.15, 0.2) is 0 Å². The van der Waals surface area contributed by atoms with Crippen LogP contribution in [0.1, 0.15) is 32.4 Å². The van der Waals surface area contributed by atoms with E-state index < -0.39 is 12.1 Å². The van der Waals surface area contributed by atoms with Crippen LogP contribution in [-0.2, 0) is 4.79 Å². The van der Waals surface area contributed by atoms with Crippen LogP contribution < -0.4 is 16.0 Å². The lowest BCUT2D eigenvalue weighted by molar-refractivity contribution is -0.121. The van der Waals surface area contributed by atoms with Gasteiger partial charge in [-0.15, -0.1) is 0 Å². The molecule has 0 fully saturated rings. The van der Waals surface area contributed by atoms with Crippen LogP contribution in [0.25, 0.3) is 0 Å². The minimum atomic E-state index is -0.470. The first kappa shape index (κ1) is 16.7. The summed E-state index contributed by atoms with van der Waals surface area (Å²) >= 11 is 3.38. The highest BCUT2D eigenvalue weighted by atomic mass is 79.9. The van der Waals surface area contributed by atoms with E-state index in [1.54, 1.807) is 13.8 Å². The molecule has 0 aliphatic carbocycles. The predicted molar refractivity (Wildman–Crippen MR) is 82.4 cm³/mol. The Hall–Kier alpha value is -1.40. The molecule has 1 aromatic rings. The van der Waals surface area contributed by atoms with E-state index in [1.165, 1.54) is 0 Å². The van der Waals surface area contributed by atoms with Gasteiger partial charge in [-0.3, -0.25) is 15.4 Å². The fraction of sp³-hybridized carbons (Fsp3) is 0.429. The molecule has 0 aliphatic heterocycles. The number of carbonyl (C=O) groups excluding carboxylic acids is 2. The molecule has 1 unspecified atom stereocenters. The van der Waals surface area contributed by atoms with Crippen molar-refractivity contribution < 1.29 is 9.59 Å². The number of benzene rings is 1. The van der Waals surface area contributed by atoms with Gasteiger partial charge < -0.3 is 5.32 Å². The summed E-state index contributed by atoms with van der Waals surface area (Å²) < 4.78 is 1.01. The lowest BCUT2D eigenvalue weighted by atomic mass is 10.1. The zero-order chi connectivity index (χ0) is 15.1. The van der Waals surface area contributed by atoms with E-state index in [1.807, 2.05) is 31.2 Å². The first-order valence-electron chi connectivity index (χ1n) is 6.54. The molecular formula is C14H20BrN3O2. The normalized spacial score (nSPS) is 13.4. The van der Waals surface area contributed by atoms with Gasteiger partial charge in [-0.25, -0.2) is 4.79 Å². The number of urea groups is 1. The summed E-state index contributed by atoms with van der Waals surface area (Å²) in [5.74, 6) is -0.347. The Morgan fingerprint density at radius 1 is 1.20 bits per heavy atom. The van der Waals surface area contributed by atoms with Crippen molar-refractivity contribution in [3.05, 3.63) is 34.3 Å². The molecule has 0 spiro atoms. The van der Waals surface area contributed by atoms with Gasteiger partial charge in [0.05, 0.1) is 6.04 Å². The maximum Gasteiger partial charge on any atom is 0.321 e. The van der Waals surface area contributed by atoms with Crippen LogP contribution >= 0.6 is 15.9 Å². The largest absolute Gasteiger partial charge is 0.338 e. The maximum absolute atomic E-state index is 11.8. The Morgan fingerprint density at radius 3 is 2.35 bits per heavy atom. The van der Waals surface area contributed by atoms with Crippen LogP contribution in [0.4, 0.5) is 4.79 Å². The highest BCUT2D eigenvalue weighted by Crippen LogP contribution is 2.16. The lowest BCUT2D eigenvalue weighted by Crippen LogP contribution is -2.48. The van der Waals surface area contributed by atoms with E-state index in [4.69, 9.17) is 0 Å². The molecule has 0 aromatic heterocycles. The maximum atomic E-state index is 11.8. The van der Waals surface area contributed by atoms with Gasteiger partial charge in [0.2, 0.25) is 5.91 Å². The Labute approximate surface area is 127 Å². The first-order valence-corrected chi connectivity index (χ1v) is 7.33. The number of imide groups is 1. The van der Waals surface area contributed by atoms with Crippen molar-refractivity contribution in [1.82, 2.24) is 16.0 Å². The van der Waals surface area contributed by atoms with Crippen LogP contribution in [0.5, 0.6) is 0 Å². The van der Waals surface area contributed by atoms with E-state index in [2.05, 4.69) is 31.9 Å². The molecule has 0 aliphatic rings. The molecule has 110 valence electrons. The summed E-state index contributed by atoms with van der Waals surface area (Å²) in [7, 11) is 0. The minimum absolute atomic E-state index is 0.0121. The number of nitrogens with one attached hydrogen (secondary N) is 3. The highest BCUT2D eigenvalue weighted by molar-refractivity contribution is 9.10. The minimum Gasteiger partial charge on any atom is -0.338 e. The summed E-state index contributed by atoms with van der Waals surface area (Å²) in [6.45, 7) is 5.97. The number of rotatable bonds is 5. The van der Waals surface area contributed by atoms with Crippen molar-refractivity contribution in [3.8, 4) is 0 Å². The SMILES string of the molecule is CCNC(=O)NC(=O)C(C)N[C@H](C)c1ccc(Br)cc1. The second kappa shape index (κ2) is 8.01. The predicted octanol–water partition coefficient (Wildman–Crippen LogP) is 2.33. The molecule has 0 heterocycles. The van der Waals surface area contributed by atoms with E-state index >= 15 is 0 Å². The molecule has 0 bridgehead atoms. The van der Waals surface area contributed by atoms with Gasteiger partial charge in [-0.1, -0.05) is 28.1 Å². The van der Waals surface area contributed by atoms with Gasteiger partial charge in [0, 0.05) is 17.1 Å². The Balaban J connectivity index is 2.52.